The molecular weight excluding hydrogens is 1340 g/mol. The predicted molar refractivity (Wildman–Crippen MR) is 333 cm³/mol. The summed E-state index contributed by atoms with van der Waals surface area (Å²) < 4.78 is 72.0. The number of hydrogen-bond acceptors (Lipinski definition) is 34. The highest BCUT2D eigenvalue weighted by Gasteiger charge is 2.71. The van der Waals surface area contributed by atoms with E-state index in [9.17, 15) is 112 Å². The molecule has 0 amide bonds. The third kappa shape index (κ3) is 14.8. The van der Waals surface area contributed by atoms with Crippen LogP contribution in [0.5, 0.6) is 0 Å². The van der Waals surface area contributed by atoms with E-state index in [0.717, 1.165) is 18.4 Å². The Balaban J connectivity index is 0.853. The van der Waals surface area contributed by atoms with Gasteiger partial charge in [0.05, 0.1) is 63.6 Å². The van der Waals surface area contributed by atoms with Crippen LogP contribution in [0.2, 0.25) is 0 Å². The summed E-state index contributed by atoms with van der Waals surface area (Å²) in [7, 11) is 0. The number of aliphatic hydroxyl groups excluding tert-OH is 21. The molecular formula is C66H112O34. The van der Waals surface area contributed by atoms with E-state index < -0.39 is 264 Å². The third-order valence-electron chi connectivity index (χ3n) is 25.0. The highest BCUT2D eigenvalue weighted by Crippen LogP contribution is 2.75. The van der Waals surface area contributed by atoms with Crippen molar-refractivity contribution in [2.75, 3.05) is 39.6 Å². The van der Waals surface area contributed by atoms with Crippen molar-refractivity contribution in [1.82, 2.24) is 0 Å². The zero-order valence-electron chi connectivity index (χ0n) is 57.6. The van der Waals surface area contributed by atoms with Crippen LogP contribution in [0.3, 0.4) is 0 Å². The summed E-state index contributed by atoms with van der Waals surface area (Å²) in [6.07, 6.45) is -48.7. The second kappa shape index (κ2) is 31.5. The lowest BCUT2D eigenvalue weighted by atomic mass is 9.38. The van der Waals surface area contributed by atoms with Gasteiger partial charge in [0.1, 0.15) is 146 Å². The summed E-state index contributed by atoms with van der Waals surface area (Å²) in [6, 6.07) is 0. The van der Waals surface area contributed by atoms with E-state index in [0.29, 0.717) is 32.1 Å². The minimum absolute atomic E-state index is 0.00756. The summed E-state index contributed by atoms with van der Waals surface area (Å²) in [5.41, 5.74) is -3.02. The molecule has 34 heteroatoms. The van der Waals surface area contributed by atoms with E-state index in [1.165, 1.54) is 13.8 Å². The number of fused-ring (bicyclic) bond motifs is 5. The van der Waals surface area contributed by atoms with Crippen molar-refractivity contribution >= 4 is 0 Å². The molecule has 580 valence electrons. The van der Waals surface area contributed by atoms with Crippen LogP contribution in [-0.4, -0.2) is 360 Å². The van der Waals surface area contributed by atoms with Gasteiger partial charge in [-0.25, -0.2) is 0 Å². The van der Waals surface area contributed by atoms with Crippen molar-refractivity contribution in [2.24, 2.45) is 45.3 Å². The summed E-state index contributed by atoms with van der Waals surface area (Å²) in [5.74, 6) is -0.322. The Morgan fingerprint density at radius 2 is 0.860 bits per heavy atom. The van der Waals surface area contributed by atoms with Gasteiger partial charge in [0.2, 0.25) is 0 Å². The van der Waals surface area contributed by atoms with Crippen LogP contribution in [0.15, 0.2) is 11.6 Å². The van der Waals surface area contributed by atoms with Crippen LogP contribution in [0.25, 0.3) is 0 Å². The van der Waals surface area contributed by atoms with Gasteiger partial charge in [-0.05, 0) is 99.7 Å². The largest absolute Gasteiger partial charge is 0.394 e. The molecule has 6 saturated heterocycles. The monoisotopic (exact) mass is 1450 g/mol. The van der Waals surface area contributed by atoms with Crippen molar-refractivity contribution in [1.29, 1.82) is 0 Å². The van der Waals surface area contributed by atoms with Crippen molar-refractivity contribution in [2.45, 2.75) is 315 Å². The summed E-state index contributed by atoms with van der Waals surface area (Å²) in [6.45, 7) is 11.3. The smallest absolute Gasteiger partial charge is 0.187 e. The maximum absolute atomic E-state index is 13.0. The summed E-state index contributed by atoms with van der Waals surface area (Å²) >= 11 is 0. The van der Waals surface area contributed by atoms with Crippen LogP contribution in [0.1, 0.15) is 107 Å². The van der Waals surface area contributed by atoms with Gasteiger partial charge in [0, 0.05) is 10.8 Å². The molecule has 22 N–H and O–H groups in total. The maximum Gasteiger partial charge on any atom is 0.187 e. The van der Waals surface area contributed by atoms with E-state index in [4.69, 9.17) is 56.8 Å². The zero-order chi connectivity index (χ0) is 73.5. The molecule has 10 aliphatic rings. The fraction of sp³-hybridized carbons (Fsp3) is 0.970. The van der Waals surface area contributed by atoms with Crippen LogP contribution < -0.4 is 0 Å². The fourth-order valence-corrected chi connectivity index (χ4v) is 18.5. The fourth-order valence-electron chi connectivity index (χ4n) is 18.5. The minimum Gasteiger partial charge on any atom is -0.394 e. The normalized spacial score (nSPS) is 52.1. The molecule has 100 heavy (non-hydrogen) atoms. The Hall–Kier alpha value is -1.62. The highest BCUT2D eigenvalue weighted by atomic mass is 16.8. The molecule has 6 aliphatic heterocycles. The second-order valence-corrected chi connectivity index (χ2v) is 31.5. The number of aliphatic hydroxyl groups is 22. The van der Waals surface area contributed by atoms with Gasteiger partial charge in [0.25, 0.3) is 0 Å². The van der Waals surface area contributed by atoms with Gasteiger partial charge < -0.3 is 169 Å². The lowest BCUT2D eigenvalue weighted by molar-refractivity contribution is -0.380. The Morgan fingerprint density at radius 3 is 1.30 bits per heavy atom. The lowest BCUT2D eigenvalue weighted by Crippen LogP contribution is -2.66. The van der Waals surface area contributed by atoms with Gasteiger partial charge in [0.15, 0.2) is 37.7 Å². The lowest BCUT2D eigenvalue weighted by Gasteiger charge is -2.67. The highest BCUT2D eigenvalue weighted by molar-refractivity contribution is 5.32. The maximum atomic E-state index is 13.0. The number of ether oxygens (including phenoxy) is 12. The van der Waals surface area contributed by atoms with Crippen LogP contribution in [0.4, 0.5) is 0 Å². The third-order valence-corrected chi connectivity index (χ3v) is 25.0. The van der Waals surface area contributed by atoms with Crippen molar-refractivity contribution < 1.29 is 169 Å². The van der Waals surface area contributed by atoms with Gasteiger partial charge in [-0.1, -0.05) is 53.2 Å². The SMILES string of the molecule is C[C@H](CC[C@@H](O[C@@H]1O[C@H](CO[C@@H]2O[C@H](CO)[C@@H](O)[C@H](O)[C@H]2O)[C@@H](O)[C@H](O)[C@H]1O[C@@H]1O[C@H](CO)[C@@H](O)[C@H](O)[C@H]1O)C(C)(C)O)[C@H]1CC[C@@]2(C)[C@H]3CC=C4[C@@H](CC[C@H](O[C@@H]5O[C@H](CO[C@H]6O[C@H](CO)[C@@H](O)[C@H](O)[C@H]6O)[C@@H](O)[C@H](O)[C@H]5O[C@@H]5O[C@H](CO)[C@@H](O)[C@H](O)[C@H]5O)C4(C)C)[C@]3(C)[C@H](O)C[C@]12C. The van der Waals surface area contributed by atoms with Gasteiger partial charge in [-0.3, -0.25) is 0 Å². The molecule has 10 rings (SSSR count). The average molecular weight is 1450 g/mol. The molecule has 0 aromatic rings. The molecule has 0 radical (unpaired) electrons. The first-order valence-electron chi connectivity index (χ1n) is 35.1. The zero-order valence-corrected chi connectivity index (χ0v) is 57.6. The molecule has 0 spiro atoms. The van der Waals surface area contributed by atoms with Crippen molar-refractivity contribution in [3.05, 3.63) is 11.6 Å². The molecule has 0 aromatic carbocycles. The van der Waals surface area contributed by atoms with Gasteiger partial charge in [-0.2, -0.15) is 0 Å². The van der Waals surface area contributed by atoms with Gasteiger partial charge in [-0.15, -0.1) is 0 Å². The minimum atomic E-state index is -1.99. The number of rotatable bonds is 23. The Labute approximate surface area is 579 Å². The number of hydrogen-bond donors (Lipinski definition) is 22. The predicted octanol–water partition coefficient (Wildman–Crippen LogP) is -7.58. The Kier molecular flexibility index (Phi) is 25.5. The molecule has 0 unspecified atom stereocenters. The first-order valence-corrected chi connectivity index (χ1v) is 35.1. The topological polar surface area (TPSA) is 556 Å². The van der Waals surface area contributed by atoms with Gasteiger partial charge >= 0.3 is 0 Å². The van der Waals surface area contributed by atoms with E-state index >= 15 is 0 Å². The quantitative estimate of drug-likeness (QED) is 0.0423. The van der Waals surface area contributed by atoms with Crippen LogP contribution in [-0.2, 0) is 56.8 Å². The molecule has 40 atom stereocenters. The molecule has 4 aliphatic carbocycles. The molecule has 0 aromatic heterocycles. The first kappa shape index (κ1) is 80.9. The van der Waals surface area contributed by atoms with E-state index in [1.807, 2.05) is 13.8 Å². The Bertz CT molecular complexity index is 2670. The first-order chi connectivity index (χ1) is 46.9. The van der Waals surface area contributed by atoms with E-state index in [2.05, 4.69) is 33.8 Å². The van der Waals surface area contributed by atoms with E-state index in [1.54, 1.807) is 0 Å². The molecule has 0 bridgehead atoms. The Morgan fingerprint density at radius 1 is 0.460 bits per heavy atom. The standard InChI is InChI=1S/C66H112O34/c1-24(9-13-37(63(4,5)88)98-61-55(100-59-53(87)47(81)41(75)31(21-70)94-59)49(83)43(77)33(96-61)23-90-57-51(85)45(79)39(73)29(19-68)92-57)25-15-16-64(6)34-12-10-26-27(66(34,8)35(71)17-65(25,64)7)11-14-36(62(26,2)3)97-60-54(99-58-52(86)46(80)40(74)30(20-69)93-58)48(82)42(76)32(95-60)22-89-56-50(84)44(78)38(72)28(18-67)91-56/h10,24-25,27-61,67-88H,9,11-23H2,1-8H3/t24-,25-,27-,28-,29-,30-,31-,32-,33-,34-,35-,36+,37-,38-,39-,40-,41-,42-,43-,44+,45+,46+,47+,48+,49+,50-,51-,52-,53-,54-,55-,56+,57-,58+,59+,60+,61+,64+,65-,66+/m1/s1. The van der Waals surface area contributed by atoms with Crippen molar-refractivity contribution in [3.8, 4) is 0 Å². The number of allylic oxidation sites excluding steroid dienone is 1. The second-order valence-electron chi connectivity index (χ2n) is 31.5. The molecule has 9 fully saturated rings. The summed E-state index contributed by atoms with van der Waals surface area (Å²) in [5, 5.41) is 239. The van der Waals surface area contributed by atoms with Crippen LogP contribution >= 0.6 is 0 Å². The van der Waals surface area contributed by atoms with Crippen molar-refractivity contribution in [3.63, 3.8) is 0 Å². The molecule has 34 nitrogen and oxygen atoms in total. The molecule has 6 heterocycles. The average Bonchev–Trinajstić information content (AvgIpc) is 1.33. The van der Waals surface area contributed by atoms with Crippen LogP contribution in [0, 0.1) is 45.3 Å². The molecule has 3 saturated carbocycles. The summed E-state index contributed by atoms with van der Waals surface area (Å²) in [4.78, 5) is 0. The van der Waals surface area contributed by atoms with E-state index in [-0.39, 0.29) is 35.5 Å².